The predicted octanol–water partition coefficient (Wildman–Crippen LogP) is 6.57. The molecule has 1 aliphatic heterocycles. The van der Waals surface area contributed by atoms with Crippen LogP contribution in [0.3, 0.4) is 0 Å². The van der Waals surface area contributed by atoms with Crippen molar-refractivity contribution in [3.05, 3.63) is 129 Å². The second kappa shape index (κ2) is 13.3. The van der Waals surface area contributed by atoms with Crippen LogP contribution >= 0.6 is 22.9 Å². The quantitative estimate of drug-likeness (QED) is 0.202. The highest BCUT2D eigenvalue weighted by Crippen LogP contribution is 2.38. The molecule has 0 spiro atoms. The van der Waals surface area contributed by atoms with Gasteiger partial charge in [0, 0.05) is 36.7 Å². The van der Waals surface area contributed by atoms with Gasteiger partial charge in [0.05, 0.1) is 18.5 Å². The zero-order chi connectivity index (χ0) is 27.9. The van der Waals surface area contributed by atoms with E-state index in [1.165, 1.54) is 4.88 Å². The van der Waals surface area contributed by atoms with Gasteiger partial charge in [-0.2, -0.15) is 0 Å². The summed E-state index contributed by atoms with van der Waals surface area (Å²) in [6, 6.07) is 29.2. The highest BCUT2D eigenvalue weighted by atomic mass is 35.5. The Morgan fingerprint density at radius 1 is 0.975 bits per heavy atom. The lowest BCUT2D eigenvalue weighted by molar-refractivity contribution is -0.142. The second-order valence-electron chi connectivity index (χ2n) is 9.95. The summed E-state index contributed by atoms with van der Waals surface area (Å²) in [5.74, 6) is -0.657. The normalized spacial score (nSPS) is 14.7. The van der Waals surface area contributed by atoms with Crippen molar-refractivity contribution in [2.45, 2.75) is 24.8 Å². The van der Waals surface area contributed by atoms with Crippen LogP contribution in [0, 0.1) is 0 Å². The van der Waals surface area contributed by atoms with E-state index in [1.807, 2.05) is 89.8 Å². The van der Waals surface area contributed by atoms with Gasteiger partial charge in [0.1, 0.15) is 0 Å². The van der Waals surface area contributed by atoms with Crippen molar-refractivity contribution in [2.75, 3.05) is 33.4 Å². The smallest absolute Gasteiger partial charge is 0.242 e. The summed E-state index contributed by atoms with van der Waals surface area (Å²) in [4.78, 5) is 33.3. The molecule has 206 valence electrons. The number of nitrogens with zero attached hydrogens (tertiary/aromatic N) is 2. The van der Waals surface area contributed by atoms with E-state index in [2.05, 4.69) is 11.4 Å². The van der Waals surface area contributed by atoms with Gasteiger partial charge in [-0.15, -0.1) is 11.3 Å². The number of thiophene rings is 1. The van der Waals surface area contributed by atoms with E-state index in [9.17, 15) is 9.59 Å². The SMILES string of the molecule is COCCCN(CC(=O)N1CCc2sccc2C1c1ccc(Cl)cc1)C(=O)C(c1ccccc1)c1ccccc1. The molecule has 5 rings (SSSR count). The Bertz CT molecular complexity index is 1370. The van der Waals surface area contributed by atoms with Gasteiger partial charge in [0.25, 0.3) is 0 Å². The molecule has 0 N–H and O–H groups in total. The molecule has 1 atom stereocenters. The Kier molecular flexibility index (Phi) is 9.32. The summed E-state index contributed by atoms with van der Waals surface area (Å²) < 4.78 is 5.29. The van der Waals surface area contributed by atoms with Crippen LogP contribution in [0.4, 0.5) is 0 Å². The molecule has 0 saturated carbocycles. The number of benzene rings is 3. The molecule has 3 aromatic carbocycles. The lowest BCUT2D eigenvalue weighted by Gasteiger charge is -2.38. The third kappa shape index (κ3) is 6.30. The van der Waals surface area contributed by atoms with Crippen molar-refractivity contribution in [1.82, 2.24) is 9.80 Å². The van der Waals surface area contributed by atoms with Crippen molar-refractivity contribution in [2.24, 2.45) is 0 Å². The molecule has 5 nitrogen and oxygen atoms in total. The van der Waals surface area contributed by atoms with E-state index in [0.29, 0.717) is 31.1 Å². The first-order valence-electron chi connectivity index (χ1n) is 13.6. The van der Waals surface area contributed by atoms with E-state index in [-0.39, 0.29) is 24.4 Å². The fourth-order valence-electron chi connectivity index (χ4n) is 5.46. The Morgan fingerprint density at radius 2 is 1.62 bits per heavy atom. The summed E-state index contributed by atoms with van der Waals surface area (Å²) in [5, 5.41) is 2.75. The third-order valence-electron chi connectivity index (χ3n) is 7.40. The highest BCUT2D eigenvalue weighted by Gasteiger charge is 2.35. The molecule has 0 saturated heterocycles. The molecule has 2 amide bonds. The molecule has 40 heavy (non-hydrogen) atoms. The molecule has 1 aliphatic rings. The number of fused-ring (bicyclic) bond motifs is 1. The van der Waals surface area contributed by atoms with Gasteiger partial charge in [-0.1, -0.05) is 84.4 Å². The maximum Gasteiger partial charge on any atom is 0.242 e. The average Bonchev–Trinajstić information content (AvgIpc) is 3.47. The number of hydrogen-bond donors (Lipinski definition) is 0. The van der Waals surface area contributed by atoms with E-state index < -0.39 is 5.92 Å². The van der Waals surface area contributed by atoms with Crippen molar-refractivity contribution in [3.8, 4) is 0 Å². The number of methoxy groups -OCH3 is 1. The topological polar surface area (TPSA) is 49.9 Å². The first-order valence-corrected chi connectivity index (χ1v) is 14.8. The van der Waals surface area contributed by atoms with Gasteiger partial charge in [0.15, 0.2) is 0 Å². The van der Waals surface area contributed by atoms with Crippen LogP contribution in [-0.2, 0) is 20.7 Å². The van der Waals surface area contributed by atoms with Crippen LogP contribution < -0.4 is 0 Å². The van der Waals surface area contributed by atoms with Gasteiger partial charge in [-0.05, 0) is 58.7 Å². The summed E-state index contributed by atoms with van der Waals surface area (Å²) in [5.41, 5.74) is 3.97. The molecule has 4 aromatic rings. The number of carbonyl (C=O) groups excluding carboxylic acids is 2. The molecular weight excluding hydrogens is 540 g/mol. The maximum atomic E-state index is 14.3. The van der Waals surface area contributed by atoms with Gasteiger partial charge in [0.2, 0.25) is 11.8 Å². The van der Waals surface area contributed by atoms with Crippen LogP contribution in [0.1, 0.15) is 45.5 Å². The molecule has 0 bridgehead atoms. The lowest BCUT2D eigenvalue weighted by atomic mass is 9.89. The van der Waals surface area contributed by atoms with E-state index >= 15 is 0 Å². The van der Waals surface area contributed by atoms with Crippen LogP contribution in [0.25, 0.3) is 0 Å². The van der Waals surface area contributed by atoms with Gasteiger partial charge < -0.3 is 14.5 Å². The molecule has 2 heterocycles. The Balaban J connectivity index is 1.46. The maximum absolute atomic E-state index is 14.3. The number of rotatable bonds is 10. The monoisotopic (exact) mass is 572 g/mol. The van der Waals surface area contributed by atoms with Gasteiger partial charge >= 0.3 is 0 Å². The van der Waals surface area contributed by atoms with Crippen LogP contribution in [-0.4, -0.2) is 55.0 Å². The van der Waals surface area contributed by atoms with Crippen LogP contribution in [0.5, 0.6) is 0 Å². The first-order chi connectivity index (χ1) is 19.6. The van der Waals surface area contributed by atoms with Crippen molar-refractivity contribution in [1.29, 1.82) is 0 Å². The summed E-state index contributed by atoms with van der Waals surface area (Å²) in [7, 11) is 1.65. The predicted molar refractivity (Wildman–Crippen MR) is 161 cm³/mol. The standard InChI is InChI=1S/C33H33ClN2O3S/c1-39-21-8-19-35(33(38)31(24-9-4-2-5-10-24)25-11-6-3-7-12-25)23-30(37)36-20-17-29-28(18-22-40-29)32(36)26-13-15-27(34)16-14-26/h2-7,9-16,18,22,31-32H,8,17,19-21,23H2,1H3. The lowest BCUT2D eigenvalue weighted by Crippen LogP contribution is -2.48. The molecule has 0 radical (unpaired) electrons. The average molecular weight is 573 g/mol. The number of hydrogen-bond acceptors (Lipinski definition) is 4. The Hall–Kier alpha value is -3.45. The number of carbonyl (C=O) groups is 2. The van der Waals surface area contributed by atoms with Crippen molar-refractivity contribution >= 4 is 34.8 Å². The molecule has 0 aliphatic carbocycles. The van der Waals surface area contributed by atoms with E-state index in [1.54, 1.807) is 23.3 Å². The summed E-state index contributed by atoms with van der Waals surface area (Å²) in [6.45, 7) is 1.54. The minimum absolute atomic E-state index is 0.00226. The molecular formula is C33H33ClN2O3S. The summed E-state index contributed by atoms with van der Waals surface area (Å²) >= 11 is 7.92. The fraction of sp³-hybridized carbons (Fsp3) is 0.273. The third-order valence-corrected chi connectivity index (χ3v) is 8.65. The molecule has 0 fully saturated rings. The minimum Gasteiger partial charge on any atom is -0.385 e. The van der Waals surface area contributed by atoms with Crippen LogP contribution in [0.15, 0.2) is 96.4 Å². The number of ether oxygens (including phenoxy) is 1. The van der Waals surface area contributed by atoms with Gasteiger partial charge in [-0.3, -0.25) is 9.59 Å². The molecule has 1 aromatic heterocycles. The zero-order valence-electron chi connectivity index (χ0n) is 22.5. The number of amides is 2. The number of halogens is 1. The van der Waals surface area contributed by atoms with Crippen molar-refractivity contribution in [3.63, 3.8) is 0 Å². The van der Waals surface area contributed by atoms with E-state index in [0.717, 1.165) is 28.7 Å². The fourth-order valence-corrected chi connectivity index (χ4v) is 6.49. The first kappa shape index (κ1) is 28.1. The minimum atomic E-state index is -0.505. The second-order valence-corrected chi connectivity index (χ2v) is 11.4. The Labute approximate surface area is 245 Å². The van der Waals surface area contributed by atoms with Crippen LogP contribution in [0.2, 0.25) is 5.02 Å². The van der Waals surface area contributed by atoms with Gasteiger partial charge in [-0.25, -0.2) is 0 Å². The summed E-state index contributed by atoms with van der Waals surface area (Å²) in [6.07, 6.45) is 1.44. The van der Waals surface area contributed by atoms with Crippen molar-refractivity contribution < 1.29 is 14.3 Å². The largest absolute Gasteiger partial charge is 0.385 e. The van der Waals surface area contributed by atoms with E-state index in [4.69, 9.17) is 16.3 Å². The molecule has 7 heteroatoms. The molecule has 1 unspecified atom stereocenters. The highest BCUT2D eigenvalue weighted by molar-refractivity contribution is 7.10. The zero-order valence-corrected chi connectivity index (χ0v) is 24.1. The Morgan fingerprint density at radius 3 is 2.25 bits per heavy atom.